The molecule has 8 rings (SSSR count). The molecule has 2 unspecified atom stereocenters. The van der Waals surface area contributed by atoms with Crippen LogP contribution in [0.3, 0.4) is 0 Å². The lowest BCUT2D eigenvalue weighted by Crippen LogP contribution is -2.10. The van der Waals surface area contributed by atoms with Crippen molar-refractivity contribution in [3.05, 3.63) is 142 Å². The number of rotatable bonds is 2. The number of nitrogens with two attached hydrogens (primary N) is 2. The first-order valence-corrected chi connectivity index (χ1v) is 18.7. The number of nitrogens with one attached hydrogen (secondary N) is 2. The molecule has 0 aliphatic carbocycles. The maximum absolute atomic E-state index is 12.7. The van der Waals surface area contributed by atoms with Crippen molar-refractivity contribution < 1.29 is 52.7 Å². The summed E-state index contributed by atoms with van der Waals surface area (Å²) in [5.74, 6) is 0. The van der Waals surface area contributed by atoms with E-state index in [1.165, 1.54) is 50.5 Å². The van der Waals surface area contributed by atoms with Gasteiger partial charge in [-0.25, -0.2) is 0 Å². The molecule has 0 bridgehead atoms. The number of fused-ring (bicyclic) bond motifs is 4. The van der Waals surface area contributed by atoms with E-state index in [0.717, 1.165) is 44.5 Å². The van der Waals surface area contributed by atoms with Crippen LogP contribution in [0.4, 0.5) is 52.7 Å². The fourth-order valence-corrected chi connectivity index (χ4v) is 6.56. The molecule has 0 aliphatic heterocycles. The van der Waals surface area contributed by atoms with Gasteiger partial charge in [0.2, 0.25) is 0 Å². The van der Waals surface area contributed by atoms with E-state index in [1.54, 1.807) is 50.2 Å². The van der Waals surface area contributed by atoms with Crippen molar-refractivity contribution in [3.8, 4) is 12.1 Å². The van der Waals surface area contributed by atoms with Crippen LogP contribution in [0.5, 0.6) is 0 Å². The molecule has 0 spiro atoms. The Morgan fingerprint density at radius 3 is 1.20 bits per heavy atom. The van der Waals surface area contributed by atoms with Crippen LogP contribution in [0.2, 0.25) is 0 Å². The van der Waals surface area contributed by atoms with Gasteiger partial charge in [-0.3, -0.25) is 0 Å². The number of aromatic nitrogens is 4. The normalized spacial score (nSPS) is 12.6. The third kappa shape index (κ3) is 12.5. The topological polar surface area (TPSA) is 141 Å². The smallest absolute Gasteiger partial charge is 0.351 e. The van der Waals surface area contributed by atoms with Crippen molar-refractivity contribution in [3.63, 3.8) is 0 Å². The molecular formula is C44H38Cl2F12N8. The van der Waals surface area contributed by atoms with Gasteiger partial charge >= 0.3 is 24.7 Å². The van der Waals surface area contributed by atoms with Gasteiger partial charge in [-0.2, -0.15) is 63.2 Å². The average molecular weight is 978 g/mol. The maximum Gasteiger partial charge on any atom is 0.431 e. The molecule has 0 fully saturated rings. The van der Waals surface area contributed by atoms with Crippen molar-refractivity contribution in [1.82, 2.24) is 19.1 Å². The molecule has 0 aliphatic rings. The Kier molecular flexibility index (Phi) is 16.7. The van der Waals surface area contributed by atoms with Crippen LogP contribution in [0.25, 0.3) is 43.6 Å². The lowest BCUT2D eigenvalue weighted by atomic mass is 10.1. The first-order chi connectivity index (χ1) is 29.6. The molecule has 0 saturated heterocycles. The minimum Gasteiger partial charge on any atom is -0.351 e. The van der Waals surface area contributed by atoms with Gasteiger partial charge in [0.25, 0.3) is 0 Å². The van der Waals surface area contributed by atoms with Gasteiger partial charge in [0.05, 0.1) is 23.3 Å². The van der Waals surface area contributed by atoms with Gasteiger partial charge in [0.15, 0.2) is 0 Å². The van der Waals surface area contributed by atoms with Crippen LogP contribution in [0.15, 0.2) is 97.1 Å². The molecule has 4 aromatic carbocycles. The van der Waals surface area contributed by atoms with Crippen molar-refractivity contribution in [2.24, 2.45) is 25.6 Å². The second kappa shape index (κ2) is 20.5. The number of nitriles is 2. The molecule has 0 saturated carbocycles. The van der Waals surface area contributed by atoms with E-state index in [2.05, 4.69) is 9.97 Å². The Morgan fingerprint density at radius 1 is 0.470 bits per heavy atom. The van der Waals surface area contributed by atoms with Crippen LogP contribution >= 0.6 is 24.8 Å². The SMILES string of the molecule is CC(N)c1ccc2[nH]c(C(F)(F)F)cc2c1.CC(N)c1ccc2c(c1)cc(C(F)(F)F)n2C.Cl.Cl.Cn1c(C(F)(F)F)cc2cc(C#N)ccc21.N#Cc1ccc2[nH]c(C(F)(F)F)cc2c1. The molecule has 4 heterocycles. The molecule has 352 valence electrons. The predicted octanol–water partition coefficient (Wildman–Crippen LogP) is 13.4. The molecule has 2 atom stereocenters. The van der Waals surface area contributed by atoms with Gasteiger partial charge in [0, 0.05) is 69.8 Å². The van der Waals surface area contributed by atoms with Crippen LogP contribution < -0.4 is 11.5 Å². The second-order valence-electron chi connectivity index (χ2n) is 14.6. The summed E-state index contributed by atoms with van der Waals surface area (Å²) in [4.78, 5) is 4.59. The standard InChI is InChI=1S/C12H13F3N2.C11H7F3N2.C11H11F3N2.C10H5F3N2.2ClH/c1-7(16)8-3-4-10-9(5-8)6-11(17(10)2)12(13,14)15;1-16-9-3-2-7(6-15)4-8(9)5-10(16)11(12,13)14;1-6(15)7-2-3-9-8(4-7)5-10(16-9)11(12,13)14;11-10(12,13)9-4-7-3-6(5-14)1-2-8(7)15-9;;/h3-7H,16H2,1-2H3;2-5H,1H3;2-6,16H,15H2,1H3;1-4,15H;2*1H. The first kappa shape index (κ1) is 54.0. The quantitative estimate of drug-likeness (QED) is 0.128. The molecule has 4 aromatic heterocycles. The zero-order valence-corrected chi connectivity index (χ0v) is 36.3. The van der Waals surface area contributed by atoms with Gasteiger partial charge < -0.3 is 30.6 Å². The third-order valence-electron chi connectivity index (χ3n) is 9.88. The molecule has 6 N–H and O–H groups in total. The predicted molar refractivity (Wildman–Crippen MR) is 232 cm³/mol. The van der Waals surface area contributed by atoms with Crippen LogP contribution in [-0.4, -0.2) is 19.1 Å². The summed E-state index contributed by atoms with van der Waals surface area (Å²) >= 11 is 0. The second-order valence-corrected chi connectivity index (χ2v) is 14.6. The van der Waals surface area contributed by atoms with E-state index in [0.29, 0.717) is 54.7 Å². The fraction of sp³-hybridized carbons (Fsp3) is 0.227. The van der Waals surface area contributed by atoms with E-state index < -0.39 is 47.5 Å². The lowest BCUT2D eigenvalue weighted by Gasteiger charge is -2.08. The Bertz CT molecular complexity index is 3030. The van der Waals surface area contributed by atoms with E-state index in [4.69, 9.17) is 22.0 Å². The number of hydrogen-bond acceptors (Lipinski definition) is 4. The first-order valence-electron chi connectivity index (χ1n) is 18.7. The number of hydrogen-bond donors (Lipinski definition) is 4. The highest BCUT2D eigenvalue weighted by Gasteiger charge is 2.36. The summed E-state index contributed by atoms with van der Waals surface area (Å²) in [6.45, 7) is 3.59. The number of aromatic amines is 2. The molecule has 8 nitrogen and oxygen atoms in total. The number of nitrogens with zero attached hydrogens (tertiary/aromatic N) is 4. The maximum atomic E-state index is 12.7. The number of H-pyrrole nitrogens is 2. The summed E-state index contributed by atoms with van der Waals surface area (Å²) < 4.78 is 152. The van der Waals surface area contributed by atoms with Crippen LogP contribution in [-0.2, 0) is 38.8 Å². The van der Waals surface area contributed by atoms with Gasteiger partial charge in [0.1, 0.15) is 22.8 Å². The number of alkyl halides is 12. The highest BCUT2D eigenvalue weighted by molar-refractivity contribution is 5.86. The molecular weight excluding hydrogens is 939 g/mol. The molecule has 0 amide bonds. The van der Waals surface area contributed by atoms with Crippen molar-refractivity contribution in [2.45, 2.75) is 50.6 Å². The van der Waals surface area contributed by atoms with Crippen LogP contribution in [0.1, 0.15) is 71.0 Å². The summed E-state index contributed by atoms with van der Waals surface area (Å²) in [5.41, 5.74) is 12.7. The Balaban J connectivity index is 0.000000231. The Labute approximate surface area is 380 Å². The summed E-state index contributed by atoms with van der Waals surface area (Å²) in [6.07, 6.45) is -17.4. The monoisotopic (exact) mass is 976 g/mol. The van der Waals surface area contributed by atoms with Gasteiger partial charge in [-0.05, 0) is 110 Å². The van der Waals surface area contributed by atoms with Crippen LogP contribution in [0, 0.1) is 22.7 Å². The zero-order valence-electron chi connectivity index (χ0n) is 34.7. The molecule has 0 radical (unpaired) electrons. The van der Waals surface area contributed by atoms with Crippen molar-refractivity contribution in [2.75, 3.05) is 0 Å². The van der Waals surface area contributed by atoms with Crippen molar-refractivity contribution >= 4 is 68.4 Å². The van der Waals surface area contributed by atoms with E-state index in [-0.39, 0.29) is 36.9 Å². The number of benzene rings is 4. The summed E-state index contributed by atoms with van der Waals surface area (Å²) in [5, 5.41) is 19.1. The molecule has 66 heavy (non-hydrogen) atoms. The molecule has 8 aromatic rings. The van der Waals surface area contributed by atoms with E-state index in [1.807, 2.05) is 12.1 Å². The fourth-order valence-electron chi connectivity index (χ4n) is 6.56. The van der Waals surface area contributed by atoms with E-state index >= 15 is 0 Å². The highest BCUT2D eigenvalue weighted by Crippen LogP contribution is 2.36. The van der Waals surface area contributed by atoms with E-state index in [9.17, 15) is 52.7 Å². The number of halogens is 14. The largest absolute Gasteiger partial charge is 0.431 e. The van der Waals surface area contributed by atoms with Gasteiger partial charge in [-0.1, -0.05) is 12.1 Å². The lowest BCUT2D eigenvalue weighted by molar-refractivity contribution is -0.143. The Morgan fingerprint density at radius 2 is 0.803 bits per heavy atom. The molecule has 22 heteroatoms. The average Bonchev–Trinajstić information content (AvgIpc) is 4.00. The minimum absolute atomic E-state index is 0. The minimum atomic E-state index is -4.38. The summed E-state index contributed by atoms with van der Waals surface area (Å²) in [7, 11) is 2.77. The zero-order chi connectivity index (χ0) is 47.7. The van der Waals surface area contributed by atoms with Gasteiger partial charge in [-0.15, -0.1) is 24.8 Å². The highest BCUT2D eigenvalue weighted by atomic mass is 35.5. The Hall–Kier alpha value is -6.32. The third-order valence-corrected chi connectivity index (χ3v) is 9.88. The van der Waals surface area contributed by atoms with Crippen molar-refractivity contribution in [1.29, 1.82) is 10.5 Å². The number of aryl methyl sites for hydroxylation is 2. The summed E-state index contributed by atoms with van der Waals surface area (Å²) in [6, 6.07) is 26.7.